The van der Waals surface area contributed by atoms with E-state index in [4.69, 9.17) is 10.2 Å². The highest BCUT2D eigenvalue weighted by Crippen LogP contribution is 2.39. The molecule has 6 aromatic rings. The SMILES string of the molecule is O=C(NO)c1ccc(Cn2c3ccccc3c3c(-c4ccc(F)cc4)nc4ccccc4c32)cc1. The van der Waals surface area contributed by atoms with Crippen LogP contribution in [0, 0.1) is 5.82 Å². The number of pyridine rings is 1. The number of rotatable bonds is 4. The van der Waals surface area contributed by atoms with Gasteiger partial charge in [0, 0.05) is 39.3 Å². The van der Waals surface area contributed by atoms with Crippen LogP contribution in [-0.2, 0) is 6.54 Å². The van der Waals surface area contributed by atoms with Crippen molar-refractivity contribution in [2.45, 2.75) is 6.54 Å². The Balaban J connectivity index is 1.65. The first-order chi connectivity index (χ1) is 17.1. The van der Waals surface area contributed by atoms with Crippen molar-refractivity contribution in [3.8, 4) is 11.3 Å². The summed E-state index contributed by atoms with van der Waals surface area (Å²) in [6.45, 7) is 0.571. The van der Waals surface area contributed by atoms with Gasteiger partial charge in [0.05, 0.1) is 16.7 Å². The van der Waals surface area contributed by atoms with Crippen LogP contribution in [0.3, 0.4) is 0 Å². The first kappa shape index (κ1) is 21.0. The molecule has 6 heteroatoms. The molecule has 35 heavy (non-hydrogen) atoms. The molecule has 2 aromatic heterocycles. The van der Waals surface area contributed by atoms with Gasteiger partial charge < -0.3 is 4.57 Å². The molecule has 4 aromatic carbocycles. The van der Waals surface area contributed by atoms with E-state index in [9.17, 15) is 9.18 Å². The predicted molar refractivity (Wildman–Crippen MR) is 135 cm³/mol. The van der Waals surface area contributed by atoms with Crippen LogP contribution in [0.5, 0.6) is 0 Å². The van der Waals surface area contributed by atoms with Crippen molar-refractivity contribution in [2.24, 2.45) is 0 Å². The molecule has 0 fully saturated rings. The third-order valence-electron chi connectivity index (χ3n) is 6.38. The number of aromatic nitrogens is 2. The lowest BCUT2D eigenvalue weighted by Crippen LogP contribution is -2.18. The van der Waals surface area contributed by atoms with Crippen LogP contribution in [0.4, 0.5) is 4.39 Å². The van der Waals surface area contributed by atoms with Gasteiger partial charge in [-0.3, -0.25) is 10.0 Å². The number of carbonyl (C=O) groups excluding carboxylic acids is 1. The lowest BCUT2D eigenvalue weighted by molar-refractivity contribution is 0.0706. The maximum absolute atomic E-state index is 13.7. The average Bonchev–Trinajstić information content (AvgIpc) is 3.23. The summed E-state index contributed by atoms with van der Waals surface area (Å²) >= 11 is 0. The molecule has 6 rings (SSSR count). The predicted octanol–water partition coefficient (Wildman–Crippen LogP) is 6.32. The van der Waals surface area contributed by atoms with Crippen LogP contribution in [0.2, 0.25) is 0 Å². The molecule has 0 aliphatic heterocycles. The first-order valence-corrected chi connectivity index (χ1v) is 11.2. The number of carbonyl (C=O) groups is 1. The number of para-hydroxylation sites is 2. The van der Waals surface area contributed by atoms with Crippen molar-refractivity contribution in [2.75, 3.05) is 0 Å². The summed E-state index contributed by atoms with van der Waals surface area (Å²) in [5.74, 6) is -0.832. The van der Waals surface area contributed by atoms with E-state index in [1.807, 2.05) is 42.5 Å². The van der Waals surface area contributed by atoms with Crippen molar-refractivity contribution in [3.05, 3.63) is 114 Å². The maximum Gasteiger partial charge on any atom is 0.274 e. The highest BCUT2D eigenvalue weighted by atomic mass is 19.1. The summed E-state index contributed by atoms with van der Waals surface area (Å²) in [4.78, 5) is 16.7. The third-order valence-corrected chi connectivity index (χ3v) is 6.38. The van der Waals surface area contributed by atoms with Gasteiger partial charge in [0.2, 0.25) is 0 Å². The number of benzene rings is 4. The van der Waals surface area contributed by atoms with Gasteiger partial charge in [0.1, 0.15) is 5.82 Å². The molecule has 0 aliphatic carbocycles. The maximum atomic E-state index is 13.7. The number of hydrogen-bond acceptors (Lipinski definition) is 3. The number of amides is 1. The molecular weight excluding hydrogens is 441 g/mol. The monoisotopic (exact) mass is 461 g/mol. The van der Waals surface area contributed by atoms with Crippen LogP contribution in [0.1, 0.15) is 15.9 Å². The van der Waals surface area contributed by atoms with Gasteiger partial charge in [0.15, 0.2) is 0 Å². The van der Waals surface area contributed by atoms with Gasteiger partial charge in [0.25, 0.3) is 5.91 Å². The summed E-state index contributed by atoms with van der Waals surface area (Å²) in [5, 5.41) is 12.0. The minimum absolute atomic E-state index is 0.286. The van der Waals surface area contributed by atoms with E-state index in [0.29, 0.717) is 12.1 Å². The Morgan fingerprint density at radius 1 is 0.857 bits per heavy atom. The summed E-state index contributed by atoms with van der Waals surface area (Å²) in [5.41, 5.74) is 7.68. The van der Waals surface area contributed by atoms with Gasteiger partial charge in [-0.1, -0.05) is 48.5 Å². The van der Waals surface area contributed by atoms with E-state index in [1.165, 1.54) is 12.1 Å². The fourth-order valence-electron chi connectivity index (χ4n) is 4.76. The van der Waals surface area contributed by atoms with Gasteiger partial charge in [-0.15, -0.1) is 0 Å². The second-order valence-corrected chi connectivity index (χ2v) is 8.45. The highest BCUT2D eigenvalue weighted by molar-refractivity contribution is 6.21. The van der Waals surface area contributed by atoms with E-state index in [1.54, 1.807) is 29.7 Å². The molecular formula is C29H20FN3O2. The Kier molecular flexibility index (Phi) is 5.01. The molecule has 2 heterocycles. The van der Waals surface area contributed by atoms with Crippen molar-refractivity contribution in [3.63, 3.8) is 0 Å². The van der Waals surface area contributed by atoms with Crippen LogP contribution in [0.15, 0.2) is 97.1 Å². The van der Waals surface area contributed by atoms with Crippen molar-refractivity contribution in [1.29, 1.82) is 0 Å². The molecule has 0 bridgehead atoms. The van der Waals surface area contributed by atoms with E-state index < -0.39 is 5.91 Å². The topological polar surface area (TPSA) is 67.2 Å². The van der Waals surface area contributed by atoms with E-state index in [2.05, 4.69) is 22.8 Å². The Bertz CT molecular complexity index is 1720. The minimum atomic E-state index is -0.547. The number of nitrogens with zero attached hydrogens (tertiary/aromatic N) is 2. The van der Waals surface area contributed by atoms with E-state index in [-0.39, 0.29) is 5.82 Å². The third kappa shape index (κ3) is 3.52. The lowest BCUT2D eigenvalue weighted by atomic mass is 10.0. The number of hydrogen-bond donors (Lipinski definition) is 2. The molecule has 0 aliphatic rings. The molecule has 0 saturated carbocycles. The van der Waals surface area contributed by atoms with Crippen molar-refractivity contribution >= 4 is 38.6 Å². The molecule has 0 atom stereocenters. The molecule has 2 N–H and O–H groups in total. The Hall–Kier alpha value is -4.55. The molecule has 0 unspecified atom stereocenters. The summed E-state index contributed by atoms with van der Waals surface area (Å²) in [6, 6.07) is 29.8. The zero-order valence-corrected chi connectivity index (χ0v) is 18.6. The summed E-state index contributed by atoms with van der Waals surface area (Å²) in [6.07, 6.45) is 0. The molecule has 0 radical (unpaired) electrons. The largest absolute Gasteiger partial charge is 0.335 e. The van der Waals surface area contributed by atoms with Gasteiger partial charge in [-0.25, -0.2) is 14.9 Å². The Morgan fingerprint density at radius 3 is 2.29 bits per heavy atom. The van der Waals surface area contributed by atoms with Gasteiger partial charge >= 0.3 is 0 Å². The Labute approximate surface area is 200 Å². The second kappa shape index (κ2) is 8.34. The number of nitrogens with one attached hydrogen (secondary N) is 1. The summed E-state index contributed by atoms with van der Waals surface area (Å²) < 4.78 is 16.0. The van der Waals surface area contributed by atoms with Gasteiger partial charge in [-0.2, -0.15) is 0 Å². The Morgan fingerprint density at radius 2 is 1.54 bits per heavy atom. The smallest absolute Gasteiger partial charge is 0.274 e. The minimum Gasteiger partial charge on any atom is -0.335 e. The zero-order chi connectivity index (χ0) is 23.9. The quantitative estimate of drug-likeness (QED) is 0.239. The van der Waals surface area contributed by atoms with Crippen LogP contribution < -0.4 is 5.48 Å². The number of hydroxylamine groups is 1. The highest BCUT2D eigenvalue weighted by Gasteiger charge is 2.19. The number of fused-ring (bicyclic) bond motifs is 5. The van der Waals surface area contributed by atoms with Gasteiger partial charge in [-0.05, 0) is 54.1 Å². The average molecular weight is 461 g/mol. The normalized spacial score (nSPS) is 11.4. The molecule has 5 nitrogen and oxygen atoms in total. The van der Waals surface area contributed by atoms with Crippen molar-refractivity contribution in [1.82, 2.24) is 15.0 Å². The van der Waals surface area contributed by atoms with Crippen LogP contribution >= 0.6 is 0 Å². The standard InChI is InChI=1S/C29H20FN3O2/c30-21-15-13-19(14-16-21)27-26-23-6-2-4-8-25(23)33(28(26)22-5-1-3-7-24(22)31-27)17-18-9-11-20(12-10-18)29(34)32-35/h1-16,35H,17H2,(H,32,34). The molecule has 0 saturated heterocycles. The molecule has 1 amide bonds. The van der Waals surface area contributed by atoms with E-state index >= 15 is 0 Å². The molecule has 170 valence electrons. The summed E-state index contributed by atoms with van der Waals surface area (Å²) in [7, 11) is 0. The van der Waals surface area contributed by atoms with Crippen molar-refractivity contribution < 1.29 is 14.4 Å². The first-order valence-electron chi connectivity index (χ1n) is 11.2. The second-order valence-electron chi connectivity index (χ2n) is 8.45. The van der Waals surface area contributed by atoms with Crippen LogP contribution in [-0.4, -0.2) is 20.7 Å². The fraction of sp³-hybridized carbons (Fsp3) is 0.0345. The zero-order valence-electron chi connectivity index (χ0n) is 18.6. The molecule has 0 spiro atoms. The lowest BCUT2D eigenvalue weighted by Gasteiger charge is -2.12. The van der Waals surface area contributed by atoms with Crippen LogP contribution in [0.25, 0.3) is 44.0 Å². The van der Waals surface area contributed by atoms with E-state index in [0.717, 1.165) is 49.5 Å². The fourth-order valence-corrected chi connectivity index (χ4v) is 4.76. The number of halogens is 1.